The SMILES string of the molecule is NCC#Cc1ccc(Cl)c(Cl)c1. The number of halogens is 2. The molecule has 0 amide bonds. The molecule has 0 heterocycles. The highest BCUT2D eigenvalue weighted by Gasteiger charge is 1.95. The van der Waals surface area contributed by atoms with Gasteiger partial charge in [0.25, 0.3) is 0 Å². The Bertz CT molecular complexity index is 336. The van der Waals surface area contributed by atoms with Gasteiger partial charge in [0.2, 0.25) is 0 Å². The Balaban J connectivity index is 2.97. The first kappa shape index (κ1) is 9.41. The summed E-state index contributed by atoms with van der Waals surface area (Å²) in [7, 11) is 0. The summed E-state index contributed by atoms with van der Waals surface area (Å²) in [6, 6.07) is 5.23. The Morgan fingerprint density at radius 3 is 2.58 bits per heavy atom. The second kappa shape index (κ2) is 4.37. The van der Waals surface area contributed by atoms with Gasteiger partial charge in [-0.3, -0.25) is 0 Å². The van der Waals surface area contributed by atoms with E-state index in [1.807, 2.05) is 0 Å². The number of nitrogens with two attached hydrogens (primary N) is 1. The van der Waals surface area contributed by atoms with Gasteiger partial charge < -0.3 is 5.73 Å². The lowest BCUT2D eigenvalue weighted by molar-refractivity contribution is 1.30. The van der Waals surface area contributed by atoms with Crippen molar-refractivity contribution in [2.75, 3.05) is 6.54 Å². The molecule has 1 aromatic rings. The van der Waals surface area contributed by atoms with Crippen LogP contribution < -0.4 is 5.73 Å². The smallest absolute Gasteiger partial charge is 0.0604 e. The van der Waals surface area contributed by atoms with Crippen LogP contribution in [-0.4, -0.2) is 6.54 Å². The van der Waals surface area contributed by atoms with Crippen LogP contribution >= 0.6 is 23.2 Å². The minimum Gasteiger partial charge on any atom is -0.320 e. The second-order valence-corrected chi connectivity index (χ2v) is 2.95. The summed E-state index contributed by atoms with van der Waals surface area (Å²) in [5, 5.41) is 1.05. The Morgan fingerprint density at radius 1 is 1.25 bits per heavy atom. The van der Waals surface area contributed by atoms with Gasteiger partial charge >= 0.3 is 0 Å². The standard InChI is InChI=1S/C9H7Cl2N/c10-8-4-3-7(2-1-5-12)6-9(8)11/h3-4,6H,5,12H2. The maximum atomic E-state index is 5.76. The molecule has 0 atom stereocenters. The van der Waals surface area contributed by atoms with Crippen LogP contribution in [0.5, 0.6) is 0 Å². The van der Waals surface area contributed by atoms with Crippen molar-refractivity contribution < 1.29 is 0 Å². The van der Waals surface area contributed by atoms with Crippen LogP contribution in [0.25, 0.3) is 0 Å². The highest BCUT2D eigenvalue weighted by molar-refractivity contribution is 6.42. The van der Waals surface area contributed by atoms with E-state index in [0.717, 1.165) is 5.56 Å². The van der Waals surface area contributed by atoms with Gasteiger partial charge in [0.15, 0.2) is 0 Å². The van der Waals surface area contributed by atoms with Gasteiger partial charge in [-0.2, -0.15) is 0 Å². The average molecular weight is 200 g/mol. The van der Waals surface area contributed by atoms with Gasteiger partial charge in [-0.05, 0) is 18.2 Å². The third-order valence-electron chi connectivity index (χ3n) is 1.25. The maximum absolute atomic E-state index is 5.76. The van der Waals surface area contributed by atoms with Crippen LogP contribution in [0.2, 0.25) is 10.0 Å². The van der Waals surface area contributed by atoms with E-state index < -0.39 is 0 Å². The largest absolute Gasteiger partial charge is 0.320 e. The minimum absolute atomic E-state index is 0.347. The summed E-state index contributed by atoms with van der Waals surface area (Å²) in [6.45, 7) is 0.347. The third kappa shape index (κ3) is 2.42. The van der Waals surface area contributed by atoms with Gasteiger partial charge in [-0.25, -0.2) is 0 Å². The molecule has 3 heteroatoms. The molecule has 1 aromatic carbocycles. The number of rotatable bonds is 0. The quantitative estimate of drug-likeness (QED) is 0.639. The summed E-state index contributed by atoms with van der Waals surface area (Å²) in [5.41, 5.74) is 6.04. The summed E-state index contributed by atoms with van der Waals surface area (Å²) in [4.78, 5) is 0. The molecule has 62 valence electrons. The molecule has 12 heavy (non-hydrogen) atoms. The summed E-state index contributed by atoms with van der Waals surface area (Å²) in [5.74, 6) is 5.58. The van der Waals surface area contributed by atoms with Crippen molar-refractivity contribution in [3.8, 4) is 11.8 Å². The first-order chi connectivity index (χ1) is 5.74. The van der Waals surface area contributed by atoms with E-state index in [9.17, 15) is 0 Å². The molecule has 0 saturated carbocycles. The fourth-order valence-corrected chi connectivity index (χ4v) is 1.03. The molecule has 0 aliphatic carbocycles. The van der Waals surface area contributed by atoms with E-state index in [1.165, 1.54) is 0 Å². The average Bonchev–Trinajstić information content (AvgIpc) is 2.07. The third-order valence-corrected chi connectivity index (χ3v) is 1.99. The molecule has 1 nitrogen and oxygen atoms in total. The Kier molecular flexibility index (Phi) is 3.43. The van der Waals surface area contributed by atoms with E-state index >= 15 is 0 Å². The summed E-state index contributed by atoms with van der Waals surface area (Å²) in [6.07, 6.45) is 0. The molecule has 0 aliphatic rings. The minimum atomic E-state index is 0.347. The van der Waals surface area contributed by atoms with Crippen molar-refractivity contribution in [2.45, 2.75) is 0 Å². The molecule has 0 aliphatic heterocycles. The monoisotopic (exact) mass is 199 g/mol. The van der Waals surface area contributed by atoms with Crippen molar-refractivity contribution in [1.82, 2.24) is 0 Å². The summed E-state index contributed by atoms with van der Waals surface area (Å²) >= 11 is 11.5. The van der Waals surface area contributed by atoms with Crippen LogP contribution in [0.15, 0.2) is 18.2 Å². The predicted octanol–water partition coefficient (Wildman–Crippen LogP) is 2.30. The number of benzene rings is 1. The van der Waals surface area contributed by atoms with Crippen LogP contribution in [0.3, 0.4) is 0 Å². The Hall–Kier alpha value is -0.680. The molecule has 0 radical (unpaired) electrons. The fourth-order valence-electron chi connectivity index (χ4n) is 0.727. The van der Waals surface area contributed by atoms with Gasteiger partial charge in [0.05, 0.1) is 16.6 Å². The lowest BCUT2D eigenvalue weighted by atomic mass is 10.2. The molecular weight excluding hydrogens is 193 g/mol. The predicted molar refractivity (Wildman–Crippen MR) is 52.4 cm³/mol. The Morgan fingerprint density at radius 2 is 2.00 bits per heavy atom. The van der Waals surface area contributed by atoms with Crippen LogP contribution in [0.4, 0.5) is 0 Å². The number of hydrogen-bond acceptors (Lipinski definition) is 1. The van der Waals surface area contributed by atoms with Crippen LogP contribution in [0.1, 0.15) is 5.56 Å². The van der Waals surface area contributed by atoms with Crippen LogP contribution in [0, 0.1) is 11.8 Å². The van der Waals surface area contributed by atoms with Crippen molar-refractivity contribution in [1.29, 1.82) is 0 Å². The first-order valence-corrected chi connectivity index (χ1v) is 4.13. The second-order valence-electron chi connectivity index (χ2n) is 2.13. The summed E-state index contributed by atoms with van der Waals surface area (Å²) < 4.78 is 0. The molecule has 0 fully saturated rings. The van der Waals surface area contributed by atoms with Crippen molar-refractivity contribution in [2.24, 2.45) is 5.73 Å². The molecule has 0 unspecified atom stereocenters. The molecule has 2 N–H and O–H groups in total. The molecule has 1 rings (SSSR count). The molecule has 0 aromatic heterocycles. The van der Waals surface area contributed by atoms with E-state index in [1.54, 1.807) is 18.2 Å². The number of hydrogen-bond donors (Lipinski definition) is 1. The topological polar surface area (TPSA) is 26.0 Å². The molecule has 0 bridgehead atoms. The van der Waals surface area contributed by atoms with Gasteiger partial charge in [-0.15, -0.1) is 0 Å². The highest BCUT2D eigenvalue weighted by Crippen LogP contribution is 2.21. The fraction of sp³-hybridized carbons (Fsp3) is 0.111. The zero-order chi connectivity index (χ0) is 8.97. The van der Waals surface area contributed by atoms with E-state index in [2.05, 4.69) is 11.8 Å². The highest BCUT2D eigenvalue weighted by atomic mass is 35.5. The van der Waals surface area contributed by atoms with Crippen molar-refractivity contribution in [3.05, 3.63) is 33.8 Å². The van der Waals surface area contributed by atoms with E-state index in [4.69, 9.17) is 28.9 Å². The van der Waals surface area contributed by atoms with E-state index in [0.29, 0.717) is 16.6 Å². The van der Waals surface area contributed by atoms with E-state index in [-0.39, 0.29) is 0 Å². The lowest BCUT2D eigenvalue weighted by Crippen LogP contribution is -1.92. The molecule has 0 spiro atoms. The van der Waals surface area contributed by atoms with Gasteiger partial charge in [0.1, 0.15) is 0 Å². The zero-order valence-electron chi connectivity index (χ0n) is 6.27. The molecular formula is C9H7Cl2N. The van der Waals surface area contributed by atoms with Gasteiger partial charge in [-0.1, -0.05) is 35.0 Å². The zero-order valence-corrected chi connectivity index (χ0v) is 7.78. The van der Waals surface area contributed by atoms with Crippen molar-refractivity contribution >= 4 is 23.2 Å². The maximum Gasteiger partial charge on any atom is 0.0604 e. The van der Waals surface area contributed by atoms with Gasteiger partial charge in [0, 0.05) is 5.56 Å². The van der Waals surface area contributed by atoms with Crippen molar-refractivity contribution in [3.63, 3.8) is 0 Å². The molecule has 0 saturated heterocycles. The Labute approximate surface area is 81.5 Å². The van der Waals surface area contributed by atoms with Crippen LogP contribution in [-0.2, 0) is 0 Å². The lowest BCUT2D eigenvalue weighted by Gasteiger charge is -1.94. The normalized spacial score (nSPS) is 8.92. The first-order valence-electron chi connectivity index (χ1n) is 3.38.